The van der Waals surface area contributed by atoms with Gasteiger partial charge in [-0.05, 0) is 31.0 Å². The normalized spacial score (nSPS) is 17.8. The number of benzene rings is 1. The minimum Gasteiger partial charge on any atom is -0.308 e. The first-order chi connectivity index (χ1) is 8.70. The second-order valence-electron chi connectivity index (χ2n) is 4.54. The van der Waals surface area contributed by atoms with Gasteiger partial charge in [0.05, 0.1) is 11.1 Å². The highest BCUT2D eigenvalue weighted by Gasteiger charge is 2.15. The molecule has 0 atom stereocenters. The van der Waals surface area contributed by atoms with Crippen molar-refractivity contribution in [2.75, 3.05) is 0 Å². The first-order valence-corrected chi connectivity index (χ1v) is 7.37. The van der Waals surface area contributed by atoms with Crippen molar-refractivity contribution in [3.63, 3.8) is 0 Å². The average Bonchev–Trinajstić information content (AvgIpc) is 2.40. The van der Waals surface area contributed by atoms with E-state index in [4.69, 9.17) is 22.4 Å². The van der Waals surface area contributed by atoms with Gasteiger partial charge in [0.1, 0.15) is 5.84 Å². The number of hydrazine groups is 1. The van der Waals surface area contributed by atoms with Crippen LogP contribution in [0.1, 0.15) is 37.7 Å². The fraction of sp³-hybridized carbons (Fsp3) is 0.462. The molecule has 98 valence electrons. The summed E-state index contributed by atoms with van der Waals surface area (Å²) < 4.78 is 0.966. The van der Waals surface area contributed by atoms with E-state index in [1.54, 1.807) is 0 Å². The molecule has 3 nitrogen and oxygen atoms in total. The van der Waals surface area contributed by atoms with Crippen molar-refractivity contribution in [2.24, 2.45) is 10.8 Å². The molecule has 1 aliphatic carbocycles. The number of hydrogen-bond acceptors (Lipinski definition) is 2. The van der Waals surface area contributed by atoms with E-state index in [0.717, 1.165) is 22.9 Å². The van der Waals surface area contributed by atoms with E-state index in [-0.39, 0.29) is 0 Å². The summed E-state index contributed by atoms with van der Waals surface area (Å²) in [5.74, 6) is 6.26. The Kier molecular flexibility index (Phi) is 5.03. The molecular weight excluding hydrogens is 314 g/mol. The molecule has 0 heterocycles. The summed E-state index contributed by atoms with van der Waals surface area (Å²) in [5, 5.41) is 0.658. The van der Waals surface area contributed by atoms with Gasteiger partial charge in [0.2, 0.25) is 0 Å². The van der Waals surface area contributed by atoms with Gasteiger partial charge in [0.15, 0.2) is 0 Å². The van der Waals surface area contributed by atoms with Gasteiger partial charge in [-0.1, -0.05) is 46.8 Å². The fourth-order valence-corrected chi connectivity index (χ4v) is 2.82. The third-order valence-corrected chi connectivity index (χ3v) is 4.03. The number of nitrogens with zero attached hydrogens (tertiary/aromatic N) is 1. The lowest BCUT2D eigenvalue weighted by atomic mass is 9.96. The van der Waals surface area contributed by atoms with Gasteiger partial charge in [0, 0.05) is 10.0 Å². The van der Waals surface area contributed by atoms with Crippen LogP contribution in [-0.2, 0) is 0 Å². The number of amidine groups is 1. The average molecular weight is 331 g/mol. The minimum absolute atomic E-state index is 0.361. The van der Waals surface area contributed by atoms with Gasteiger partial charge in [-0.3, -0.25) is 4.99 Å². The maximum atomic E-state index is 6.19. The molecule has 0 unspecified atom stereocenters. The molecule has 0 saturated heterocycles. The van der Waals surface area contributed by atoms with Crippen LogP contribution in [-0.4, -0.2) is 11.9 Å². The quantitative estimate of drug-likeness (QED) is 0.376. The largest absolute Gasteiger partial charge is 0.308 e. The number of nitrogens with one attached hydrogen (secondary N) is 1. The Morgan fingerprint density at radius 1 is 1.33 bits per heavy atom. The first-order valence-electron chi connectivity index (χ1n) is 6.20. The number of aliphatic imine (C=N–C) groups is 1. The molecular formula is C13H17BrClN3. The molecule has 3 N–H and O–H groups in total. The van der Waals surface area contributed by atoms with E-state index in [9.17, 15) is 0 Å². The summed E-state index contributed by atoms with van der Waals surface area (Å²) in [4.78, 5) is 4.70. The molecule has 0 spiro atoms. The topological polar surface area (TPSA) is 50.4 Å². The molecule has 0 aliphatic heterocycles. The number of rotatable bonds is 2. The molecule has 0 radical (unpaired) electrons. The standard InChI is InChI=1S/C13H17BrClN3/c14-9-6-7-12(15)11(8-9)13(18-16)17-10-4-2-1-3-5-10/h6-8,10H,1-5,16H2,(H,17,18). The number of nitrogens with two attached hydrogens (primary N) is 1. The van der Waals surface area contributed by atoms with E-state index in [0.29, 0.717) is 16.9 Å². The highest BCUT2D eigenvalue weighted by molar-refractivity contribution is 9.10. The van der Waals surface area contributed by atoms with Crippen molar-refractivity contribution in [3.05, 3.63) is 33.3 Å². The molecule has 1 aromatic rings. The van der Waals surface area contributed by atoms with Crippen molar-refractivity contribution >= 4 is 33.4 Å². The second-order valence-corrected chi connectivity index (χ2v) is 5.86. The summed E-state index contributed by atoms with van der Waals surface area (Å²) in [7, 11) is 0. The molecule has 2 rings (SSSR count). The number of halogens is 2. The maximum Gasteiger partial charge on any atom is 0.144 e. The lowest BCUT2D eigenvalue weighted by Gasteiger charge is -2.19. The van der Waals surface area contributed by atoms with Gasteiger partial charge in [-0.25, -0.2) is 5.84 Å². The van der Waals surface area contributed by atoms with Crippen LogP contribution in [0.5, 0.6) is 0 Å². The predicted molar refractivity (Wildman–Crippen MR) is 79.9 cm³/mol. The Labute approximate surface area is 121 Å². The summed E-state index contributed by atoms with van der Waals surface area (Å²) >= 11 is 9.63. The van der Waals surface area contributed by atoms with Gasteiger partial charge < -0.3 is 5.43 Å². The Morgan fingerprint density at radius 3 is 2.72 bits per heavy atom. The van der Waals surface area contributed by atoms with Crippen LogP contribution in [0.2, 0.25) is 5.02 Å². The van der Waals surface area contributed by atoms with Crippen LogP contribution in [0.15, 0.2) is 27.7 Å². The zero-order valence-electron chi connectivity index (χ0n) is 10.1. The van der Waals surface area contributed by atoms with Crippen LogP contribution in [0.4, 0.5) is 0 Å². The molecule has 18 heavy (non-hydrogen) atoms. The molecule has 1 fully saturated rings. The van der Waals surface area contributed by atoms with Crippen molar-refractivity contribution in [3.8, 4) is 0 Å². The highest BCUT2D eigenvalue weighted by atomic mass is 79.9. The van der Waals surface area contributed by atoms with Crippen LogP contribution in [0.3, 0.4) is 0 Å². The van der Waals surface area contributed by atoms with E-state index in [1.807, 2.05) is 18.2 Å². The summed E-state index contributed by atoms with van der Waals surface area (Å²) in [5.41, 5.74) is 3.52. The van der Waals surface area contributed by atoms with Crippen molar-refractivity contribution in [2.45, 2.75) is 38.1 Å². The molecule has 0 amide bonds. The molecule has 0 bridgehead atoms. The van der Waals surface area contributed by atoms with Gasteiger partial charge in [-0.2, -0.15) is 0 Å². The zero-order valence-corrected chi connectivity index (χ0v) is 12.5. The number of hydrogen-bond donors (Lipinski definition) is 2. The minimum atomic E-state index is 0.361. The predicted octanol–water partition coefficient (Wildman–Crippen LogP) is 3.65. The van der Waals surface area contributed by atoms with Crippen molar-refractivity contribution in [1.82, 2.24) is 5.43 Å². The van der Waals surface area contributed by atoms with E-state index >= 15 is 0 Å². The molecule has 1 aromatic carbocycles. The van der Waals surface area contributed by atoms with Crippen LogP contribution < -0.4 is 11.3 Å². The fourth-order valence-electron chi connectivity index (χ4n) is 2.26. The lowest BCUT2D eigenvalue weighted by Crippen LogP contribution is -2.33. The van der Waals surface area contributed by atoms with Crippen LogP contribution in [0.25, 0.3) is 0 Å². The zero-order chi connectivity index (χ0) is 13.0. The van der Waals surface area contributed by atoms with Gasteiger partial charge in [0.25, 0.3) is 0 Å². The summed E-state index contributed by atoms with van der Waals surface area (Å²) in [6.45, 7) is 0. The first kappa shape index (κ1) is 13.8. The molecule has 5 heteroatoms. The second kappa shape index (κ2) is 6.55. The molecule has 1 aliphatic rings. The lowest BCUT2D eigenvalue weighted by molar-refractivity contribution is 0.442. The van der Waals surface area contributed by atoms with E-state index < -0.39 is 0 Å². The smallest absolute Gasteiger partial charge is 0.144 e. The summed E-state index contributed by atoms with van der Waals surface area (Å²) in [6.07, 6.45) is 6.08. The Bertz CT molecular complexity index is 442. The summed E-state index contributed by atoms with van der Waals surface area (Å²) in [6, 6.07) is 6.04. The van der Waals surface area contributed by atoms with Gasteiger partial charge in [-0.15, -0.1) is 0 Å². The molecule has 1 saturated carbocycles. The van der Waals surface area contributed by atoms with Gasteiger partial charge >= 0.3 is 0 Å². The van der Waals surface area contributed by atoms with Crippen LogP contribution >= 0.6 is 27.5 Å². The third kappa shape index (κ3) is 3.46. The Hall–Kier alpha value is -0.580. The SMILES string of the molecule is NNC(=NC1CCCCC1)c1cc(Br)ccc1Cl. The monoisotopic (exact) mass is 329 g/mol. The van der Waals surface area contributed by atoms with Crippen LogP contribution in [0, 0.1) is 0 Å². The van der Waals surface area contributed by atoms with E-state index in [1.165, 1.54) is 19.3 Å². The highest BCUT2D eigenvalue weighted by Crippen LogP contribution is 2.24. The maximum absolute atomic E-state index is 6.19. The molecule has 0 aromatic heterocycles. The Morgan fingerprint density at radius 2 is 2.06 bits per heavy atom. The van der Waals surface area contributed by atoms with Crippen molar-refractivity contribution < 1.29 is 0 Å². The Balaban J connectivity index is 2.26. The third-order valence-electron chi connectivity index (χ3n) is 3.21. The van der Waals surface area contributed by atoms with E-state index in [2.05, 4.69) is 21.4 Å². The van der Waals surface area contributed by atoms with Crippen molar-refractivity contribution in [1.29, 1.82) is 0 Å².